The Kier molecular flexibility index (Phi) is 11.0. The summed E-state index contributed by atoms with van der Waals surface area (Å²) in [6.45, 7) is 9.01. The van der Waals surface area contributed by atoms with Gasteiger partial charge in [-0.3, -0.25) is 14.4 Å². The van der Waals surface area contributed by atoms with E-state index in [0.717, 1.165) is 25.1 Å². The van der Waals surface area contributed by atoms with Crippen LogP contribution in [0.1, 0.15) is 52.8 Å². The summed E-state index contributed by atoms with van der Waals surface area (Å²) < 4.78 is 0. The van der Waals surface area contributed by atoms with Gasteiger partial charge in [0.2, 0.25) is 5.91 Å². The summed E-state index contributed by atoms with van der Waals surface area (Å²) >= 11 is 0. The van der Waals surface area contributed by atoms with Gasteiger partial charge in [0.05, 0.1) is 0 Å². The standard InChI is InChI=1S/C16H28N4O.2CH2O2/c1-15(2)10-12(11-16(3,4)20-15)9-14(21)19-6-5-13-17-7-8-18-13;2*2-1-3/h7-8,12,20H,5-6,9-11H2,1-4H3,(H,17,18)(H,19,21);2*1H,(H,2,3). The summed E-state index contributed by atoms with van der Waals surface area (Å²) in [4.78, 5) is 36.0. The molecule has 0 bridgehead atoms. The van der Waals surface area contributed by atoms with Crippen molar-refractivity contribution in [1.82, 2.24) is 20.6 Å². The largest absolute Gasteiger partial charge is 0.483 e. The van der Waals surface area contributed by atoms with E-state index >= 15 is 0 Å². The number of nitrogens with zero attached hydrogens (tertiary/aromatic N) is 1. The fourth-order valence-corrected chi connectivity index (χ4v) is 3.77. The van der Waals surface area contributed by atoms with Crippen molar-refractivity contribution in [3.05, 3.63) is 18.2 Å². The highest BCUT2D eigenvalue weighted by molar-refractivity contribution is 5.76. The number of imidazole rings is 1. The van der Waals surface area contributed by atoms with Crippen LogP contribution in [0.2, 0.25) is 0 Å². The Hall–Kier alpha value is -2.42. The second-order valence-corrected chi connectivity index (χ2v) is 7.72. The number of hydrogen-bond donors (Lipinski definition) is 5. The first kappa shape index (κ1) is 24.6. The summed E-state index contributed by atoms with van der Waals surface area (Å²) in [5.41, 5.74) is 0.196. The van der Waals surface area contributed by atoms with Crippen LogP contribution in [0.4, 0.5) is 0 Å². The third-order valence-electron chi connectivity index (χ3n) is 3.99. The Morgan fingerprint density at radius 2 is 1.74 bits per heavy atom. The van der Waals surface area contributed by atoms with Crippen LogP contribution >= 0.6 is 0 Å². The summed E-state index contributed by atoms with van der Waals surface area (Å²) in [6.07, 6.45) is 6.99. The number of rotatable bonds is 5. The van der Waals surface area contributed by atoms with Crippen LogP contribution in [0.15, 0.2) is 12.4 Å². The Morgan fingerprint density at radius 1 is 1.22 bits per heavy atom. The van der Waals surface area contributed by atoms with Crippen molar-refractivity contribution in [2.45, 2.75) is 64.5 Å². The van der Waals surface area contributed by atoms with E-state index in [1.807, 2.05) is 0 Å². The first-order valence-electron chi connectivity index (χ1n) is 8.79. The summed E-state index contributed by atoms with van der Waals surface area (Å²) in [5, 5.41) is 20.4. The molecular weight excluding hydrogens is 352 g/mol. The molecule has 154 valence electrons. The molecule has 9 heteroatoms. The molecule has 0 unspecified atom stereocenters. The highest BCUT2D eigenvalue weighted by atomic mass is 16.3. The molecule has 2 heterocycles. The van der Waals surface area contributed by atoms with E-state index in [-0.39, 0.29) is 29.9 Å². The number of amides is 1. The average Bonchev–Trinajstić information content (AvgIpc) is 2.98. The van der Waals surface area contributed by atoms with Crippen LogP contribution < -0.4 is 10.6 Å². The highest BCUT2D eigenvalue weighted by Gasteiger charge is 2.38. The maximum atomic E-state index is 12.1. The van der Waals surface area contributed by atoms with E-state index in [0.29, 0.717) is 18.9 Å². The first-order chi connectivity index (χ1) is 12.6. The van der Waals surface area contributed by atoms with Gasteiger partial charge in [-0.15, -0.1) is 0 Å². The van der Waals surface area contributed by atoms with Crippen LogP contribution in [0.5, 0.6) is 0 Å². The first-order valence-corrected chi connectivity index (χ1v) is 8.79. The molecule has 1 amide bonds. The predicted octanol–water partition coefficient (Wildman–Crippen LogP) is 1.42. The second-order valence-electron chi connectivity index (χ2n) is 7.72. The van der Waals surface area contributed by atoms with Gasteiger partial charge >= 0.3 is 0 Å². The molecule has 0 aromatic carbocycles. The number of aromatic amines is 1. The number of carboxylic acid groups (broad SMARTS) is 2. The monoisotopic (exact) mass is 384 g/mol. The minimum Gasteiger partial charge on any atom is -0.483 e. The molecule has 1 aromatic rings. The lowest BCUT2D eigenvalue weighted by Gasteiger charge is -2.46. The maximum Gasteiger partial charge on any atom is 0.290 e. The van der Waals surface area contributed by atoms with Gasteiger partial charge in [0.15, 0.2) is 0 Å². The van der Waals surface area contributed by atoms with Crippen molar-refractivity contribution >= 4 is 18.9 Å². The molecule has 0 atom stereocenters. The fraction of sp³-hybridized carbons (Fsp3) is 0.667. The van der Waals surface area contributed by atoms with Crippen LogP contribution in [0, 0.1) is 5.92 Å². The van der Waals surface area contributed by atoms with E-state index in [1.54, 1.807) is 12.4 Å². The Morgan fingerprint density at radius 3 is 2.19 bits per heavy atom. The average molecular weight is 384 g/mol. The molecular formula is C18H32N4O5. The molecule has 27 heavy (non-hydrogen) atoms. The van der Waals surface area contributed by atoms with Crippen molar-refractivity contribution in [2.24, 2.45) is 5.92 Å². The number of H-pyrrole nitrogens is 1. The van der Waals surface area contributed by atoms with Gasteiger partial charge in [-0.05, 0) is 46.5 Å². The van der Waals surface area contributed by atoms with Crippen molar-refractivity contribution in [1.29, 1.82) is 0 Å². The zero-order chi connectivity index (χ0) is 20.9. The maximum absolute atomic E-state index is 12.1. The van der Waals surface area contributed by atoms with Crippen LogP contribution in [0.3, 0.4) is 0 Å². The van der Waals surface area contributed by atoms with Crippen LogP contribution in [-0.2, 0) is 20.8 Å². The molecule has 0 aliphatic carbocycles. The number of hydrogen-bond acceptors (Lipinski definition) is 5. The molecule has 1 aromatic heterocycles. The number of aromatic nitrogens is 2. The molecule has 2 rings (SSSR count). The van der Waals surface area contributed by atoms with Crippen molar-refractivity contribution in [3.63, 3.8) is 0 Å². The third-order valence-corrected chi connectivity index (χ3v) is 3.99. The molecule has 0 spiro atoms. The molecule has 0 saturated carbocycles. The molecule has 9 nitrogen and oxygen atoms in total. The molecule has 1 aliphatic heterocycles. The minimum absolute atomic E-state index is 0.0981. The molecule has 0 radical (unpaired) electrons. The van der Waals surface area contributed by atoms with Gasteiger partial charge in [0, 0.05) is 42.9 Å². The van der Waals surface area contributed by atoms with E-state index in [1.165, 1.54) is 0 Å². The topological polar surface area (TPSA) is 144 Å². The lowest BCUT2D eigenvalue weighted by molar-refractivity contribution is -0.123. The lowest BCUT2D eigenvalue weighted by Crippen LogP contribution is -2.58. The van der Waals surface area contributed by atoms with Gasteiger partial charge in [0.25, 0.3) is 12.9 Å². The zero-order valence-corrected chi connectivity index (χ0v) is 16.5. The molecule has 5 N–H and O–H groups in total. The quantitative estimate of drug-likeness (QED) is 0.483. The number of carbonyl (C=O) groups is 3. The van der Waals surface area contributed by atoms with Gasteiger partial charge in [-0.25, -0.2) is 4.98 Å². The molecule has 1 aliphatic rings. The number of piperidine rings is 1. The summed E-state index contributed by atoms with van der Waals surface area (Å²) in [5.74, 6) is 1.51. The van der Waals surface area contributed by atoms with E-state index < -0.39 is 0 Å². The molecule has 1 fully saturated rings. The van der Waals surface area contributed by atoms with Gasteiger partial charge < -0.3 is 25.8 Å². The van der Waals surface area contributed by atoms with Crippen LogP contribution in [-0.4, -0.2) is 56.7 Å². The minimum atomic E-state index is -0.250. The Labute approximate surface area is 160 Å². The van der Waals surface area contributed by atoms with E-state index in [4.69, 9.17) is 19.8 Å². The summed E-state index contributed by atoms with van der Waals surface area (Å²) in [7, 11) is 0. The Bertz CT molecular complexity index is 536. The smallest absolute Gasteiger partial charge is 0.290 e. The van der Waals surface area contributed by atoms with E-state index in [2.05, 4.69) is 48.3 Å². The normalized spacial score (nSPS) is 17.3. The second kappa shape index (κ2) is 12.1. The van der Waals surface area contributed by atoms with Gasteiger partial charge in [-0.1, -0.05) is 0 Å². The van der Waals surface area contributed by atoms with Gasteiger partial charge in [-0.2, -0.15) is 0 Å². The fourth-order valence-electron chi connectivity index (χ4n) is 3.77. The number of carbonyl (C=O) groups excluding carboxylic acids is 1. The Balaban J connectivity index is 0.000000997. The van der Waals surface area contributed by atoms with E-state index in [9.17, 15) is 4.79 Å². The van der Waals surface area contributed by atoms with Crippen molar-refractivity contribution in [3.8, 4) is 0 Å². The summed E-state index contributed by atoms with van der Waals surface area (Å²) in [6, 6.07) is 0. The molecule has 1 saturated heterocycles. The number of nitrogens with one attached hydrogen (secondary N) is 3. The van der Waals surface area contributed by atoms with Crippen molar-refractivity contribution in [2.75, 3.05) is 6.54 Å². The highest BCUT2D eigenvalue weighted by Crippen LogP contribution is 2.34. The zero-order valence-electron chi connectivity index (χ0n) is 16.5. The lowest BCUT2D eigenvalue weighted by atomic mass is 9.74. The SMILES string of the molecule is CC1(C)CC(CC(=O)NCCc2ncc[nH]2)CC(C)(C)N1.O=CO.O=CO. The van der Waals surface area contributed by atoms with Gasteiger partial charge in [0.1, 0.15) is 5.82 Å². The predicted molar refractivity (Wildman–Crippen MR) is 101 cm³/mol. The third kappa shape index (κ3) is 11.7. The van der Waals surface area contributed by atoms with Crippen molar-refractivity contribution < 1.29 is 24.6 Å². The van der Waals surface area contributed by atoms with Crippen LogP contribution in [0.25, 0.3) is 0 Å².